The Morgan fingerprint density at radius 3 is 2.43 bits per heavy atom. The Labute approximate surface area is 129 Å². The number of nitrogens with zero attached hydrogens (tertiary/aromatic N) is 1. The highest BCUT2D eigenvalue weighted by molar-refractivity contribution is 7.89. The maximum Gasteiger partial charge on any atom is 0.211 e. The molecule has 1 saturated carbocycles. The molecule has 0 aromatic heterocycles. The van der Waals surface area contributed by atoms with Crippen LogP contribution in [-0.2, 0) is 10.0 Å². The molecule has 1 fully saturated rings. The van der Waals surface area contributed by atoms with Crippen LogP contribution in [0.15, 0.2) is 4.99 Å². The van der Waals surface area contributed by atoms with Crippen LogP contribution < -0.4 is 15.4 Å². The summed E-state index contributed by atoms with van der Waals surface area (Å²) < 4.78 is 25.1. The molecule has 1 aliphatic rings. The lowest BCUT2D eigenvalue weighted by Gasteiger charge is -2.28. The lowest BCUT2D eigenvalue weighted by Crippen LogP contribution is -2.45. The summed E-state index contributed by atoms with van der Waals surface area (Å²) in [6, 6.07) is 0.506. The minimum Gasteiger partial charge on any atom is -0.356 e. The molecule has 0 atom stereocenters. The van der Waals surface area contributed by atoms with Gasteiger partial charge in [0.25, 0.3) is 0 Å². The van der Waals surface area contributed by atoms with E-state index in [2.05, 4.69) is 27.3 Å². The van der Waals surface area contributed by atoms with E-state index in [-0.39, 0.29) is 5.75 Å². The lowest BCUT2D eigenvalue weighted by molar-refractivity contribution is 0.329. The van der Waals surface area contributed by atoms with Gasteiger partial charge in [0.15, 0.2) is 5.96 Å². The number of nitrogens with one attached hydrogen (secondary N) is 3. The van der Waals surface area contributed by atoms with Gasteiger partial charge in [0.2, 0.25) is 10.0 Å². The van der Waals surface area contributed by atoms with Crippen LogP contribution in [0.4, 0.5) is 0 Å². The molecule has 1 aliphatic carbocycles. The van der Waals surface area contributed by atoms with Crippen LogP contribution in [0, 0.1) is 5.92 Å². The van der Waals surface area contributed by atoms with Gasteiger partial charge in [-0.15, -0.1) is 0 Å². The SMILES string of the molecule is CCS(=O)(=O)NCCCNC(=NC)NC1CCC(C)CC1. The Kier molecular flexibility index (Phi) is 8.03. The molecule has 0 heterocycles. The highest BCUT2D eigenvalue weighted by atomic mass is 32.2. The van der Waals surface area contributed by atoms with E-state index >= 15 is 0 Å². The summed E-state index contributed by atoms with van der Waals surface area (Å²) in [7, 11) is -1.31. The normalized spacial score (nSPS) is 23.9. The van der Waals surface area contributed by atoms with Gasteiger partial charge in [-0.1, -0.05) is 6.92 Å². The largest absolute Gasteiger partial charge is 0.356 e. The van der Waals surface area contributed by atoms with Gasteiger partial charge in [0.1, 0.15) is 0 Å². The van der Waals surface area contributed by atoms with Crippen LogP contribution in [0.25, 0.3) is 0 Å². The molecule has 6 nitrogen and oxygen atoms in total. The number of guanidine groups is 1. The van der Waals surface area contributed by atoms with Crippen molar-refractivity contribution in [2.24, 2.45) is 10.9 Å². The molecule has 124 valence electrons. The molecular weight excluding hydrogens is 288 g/mol. The average Bonchev–Trinajstić information content (AvgIpc) is 2.47. The molecule has 0 aliphatic heterocycles. The van der Waals surface area contributed by atoms with Gasteiger partial charge in [-0.2, -0.15) is 0 Å². The molecule has 1 rings (SSSR count). The summed E-state index contributed by atoms with van der Waals surface area (Å²) in [5.74, 6) is 1.78. The third-order valence-corrected chi connectivity index (χ3v) is 5.33. The van der Waals surface area contributed by atoms with Crippen molar-refractivity contribution < 1.29 is 8.42 Å². The maximum absolute atomic E-state index is 11.3. The second-order valence-corrected chi connectivity index (χ2v) is 7.85. The monoisotopic (exact) mass is 318 g/mol. The van der Waals surface area contributed by atoms with Crippen molar-refractivity contribution >= 4 is 16.0 Å². The minimum absolute atomic E-state index is 0.129. The molecular formula is C14H30N4O2S. The van der Waals surface area contributed by atoms with Gasteiger partial charge in [-0.25, -0.2) is 13.1 Å². The summed E-state index contributed by atoms with van der Waals surface area (Å²) >= 11 is 0. The van der Waals surface area contributed by atoms with Crippen molar-refractivity contribution in [3.8, 4) is 0 Å². The molecule has 0 radical (unpaired) electrons. The molecule has 0 unspecified atom stereocenters. The summed E-state index contributed by atoms with van der Waals surface area (Å²) in [5, 5.41) is 6.68. The molecule has 0 spiro atoms. The second-order valence-electron chi connectivity index (χ2n) is 5.75. The van der Waals surface area contributed by atoms with Gasteiger partial charge in [0, 0.05) is 26.2 Å². The van der Waals surface area contributed by atoms with Crippen molar-refractivity contribution in [1.82, 2.24) is 15.4 Å². The fourth-order valence-electron chi connectivity index (χ4n) is 2.42. The maximum atomic E-state index is 11.3. The van der Waals surface area contributed by atoms with Gasteiger partial charge in [0.05, 0.1) is 5.75 Å². The molecule has 0 saturated heterocycles. The Morgan fingerprint density at radius 2 is 1.86 bits per heavy atom. The van der Waals surface area contributed by atoms with Gasteiger partial charge in [-0.05, 0) is 44.9 Å². The zero-order valence-corrected chi connectivity index (χ0v) is 14.3. The van der Waals surface area contributed by atoms with Crippen molar-refractivity contribution in [3.63, 3.8) is 0 Å². The van der Waals surface area contributed by atoms with E-state index in [1.54, 1.807) is 14.0 Å². The molecule has 3 N–H and O–H groups in total. The van der Waals surface area contributed by atoms with E-state index < -0.39 is 10.0 Å². The predicted molar refractivity (Wildman–Crippen MR) is 88.0 cm³/mol. The van der Waals surface area contributed by atoms with E-state index in [9.17, 15) is 8.42 Å². The summed E-state index contributed by atoms with van der Waals surface area (Å²) in [4.78, 5) is 4.22. The molecule has 0 aromatic carbocycles. The number of hydrogen-bond donors (Lipinski definition) is 3. The first-order valence-corrected chi connectivity index (χ1v) is 9.56. The van der Waals surface area contributed by atoms with Crippen LogP contribution in [0.2, 0.25) is 0 Å². The van der Waals surface area contributed by atoms with Crippen LogP contribution in [0.5, 0.6) is 0 Å². The van der Waals surface area contributed by atoms with E-state index in [4.69, 9.17) is 0 Å². The van der Waals surface area contributed by atoms with Crippen molar-refractivity contribution in [1.29, 1.82) is 0 Å². The highest BCUT2D eigenvalue weighted by Crippen LogP contribution is 2.23. The number of rotatable bonds is 7. The first kappa shape index (κ1) is 18.2. The molecule has 21 heavy (non-hydrogen) atoms. The average molecular weight is 318 g/mol. The first-order valence-electron chi connectivity index (χ1n) is 7.91. The van der Waals surface area contributed by atoms with Gasteiger partial charge in [-0.3, -0.25) is 4.99 Å². The standard InChI is InChI=1S/C14H30N4O2S/c1-4-21(19,20)17-11-5-10-16-14(15-3)18-13-8-6-12(2)7-9-13/h12-13,17H,4-11H2,1-3H3,(H2,15,16,18). The van der Waals surface area contributed by atoms with Crippen LogP contribution in [-0.4, -0.2) is 46.3 Å². The molecule has 7 heteroatoms. The van der Waals surface area contributed by atoms with Crippen LogP contribution in [0.3, 0.4) is 0 Å². The van der Waals surface area contributed by atoms with Gasteiger partial charge >= 0.3 is 0 Å². The number of sulfonamides is 1. The summed E-state index contributed by atoms with van der Waals surface area (Å²) in [5.41, 5.74) is 0. The quantitative estimate of drug-likeness (QED) is 0.372. The fourth-order valence-corrected chi connectivity index (χ4v) is 3.08. The topological polar surface area (TPSA) is 82.6 Å². The smallest absolute Gasteiger partial charge is 0.211 e. The lowest BCUT2D eigenvalue weighted by atomic mass is 9.87. The Bertz CT molecular complexity index is 415. The zero-order valence-electron chi connectivity index (χ0n) is 13.5. The predicted octanol–water partition coefficient (Wildman–Crippen LogP) is 1.06. The van der Waals surface area contributed by atoms with Crippen molar-refractivity contribution in [2.45, 2.75) is 52.0 Å². The second kappa shape index (κ2) is 9.25. The van der Waals surface area contributed by atoms with E-state index in [0.717, 1.165) is 18.3 Å². The number of aliphatic imine (C=N–C) groups is 1. The fraction of sp³-hybridized carbons (Fsp3) is 0.929. The van der Waals surface area contributed by atoms with E-state index in [1.165, 1.54) is 25.7 Å². The number of hydrogen-bond acceptors (Lipinski definition) is 3. The molecule has 0 amide bonds. The van der Waals surface area contributed by atoms with E-state index in [1.807, 2.05) is 0 Å². The Morgan fingerprint density at radius 1 is 1.19 bits per heavy atom. The zero-order chi connectivity index (χ0) is 15.7. The Hall–Kier alpha value is -0.820. The van der Waals surface area contributed by atoms with Crippen molar-refractivity contribution in [3.05, 3.63) is 0 Å². The third-order valence-electron chi connectivity index (χ3n) is 3.93. The first-order chi connectivity index (χ1) is 9.96. The Balaban J connectivity index is 2.17. The van der Waals surface area contributed by atoms with E-state index in [0.29, 0.717) is 19.1 Å². The van der Waals surface area contributed by atoms with Crippen LogP contribution >= 0.6 is 0 Å². The minimum atomic E-state index is -3.08. The summed E-state index contributed by atoms with van der Waals surface area (Å²) in [6.07, 6.45) is 5.67. The highest BCUT2D eigenvalue weighted by Gasteiger charge is 2.18. The molecule has 0 bridgehead atoms. The third kappa shape index (κ3) is 7.66. The van der Waals surface area contributed by atoms with Crippen LogP contribution in [0.1, 0.15) is 46.0 Å². The van der Waals surface area contributed by atoms with Gasteiger partial charge < -0.3 is 10.6 Å². The summed E-state index contributed by atoms with van der Waals surface area (Å²) in [6.45, 7) is 5.11. The molecule has 0 aromatic rings. The van der Waals surface area contributed by atoms with Crippen molar-refractivity contribution in [2.75, 3.05) is 25.9 Å².